The minimum absolute atomic E-state index is 0.201. The molecule has 0 aliphatic heterocycles. The van der Waals surface area contributed by atoms with Crippen molar-refractivity contribution in [2.24, 2.45) is 5.73 Å². The molecule has 2 N–H and O–H groups in total. The molecular formula is C21H27NO. The molecule has 2 nitrogen and oxygen atoms in total. The molecule has 122 valence electrons. The average Bonchev–Trinajstić information content (AvgIpc) is 2.66. The van der Waals surface area contributed by atoms with Crippen molar-refractivity contribution in [3.63, 3.8) is 0 Å². The van der Waals surface area contributed by atoms with Crippen LogP contribution in [0.25, 0.3) is 0 Å². The Morgan fingerprint density at radius 3 is 2.61 bits per heavy atom. The van der Waals surface area contributed by atoms with Gasteiger partial charge in [0.2, 0.25) is 0 Å². The summed E-state index contributed by atoms with van der Waals surface area (Å²) in [6.45, 7) is 4.13. The Kier molecular flexibility index (Phi) is 5.02. The standard InChI is InChI=1S/C21H27NO/c1-15(2)23-20-10-11-21-17(12-16-6-4-3-5-7-16)8-9-19(22)13-18(21)14-20/h3-7,10-11,14-15,17,19H,8-9,12-13,22H2,1-2H3. The van der Waals surface area contributed by atoms with Gasteiger partial charge in [0.05, 0.1) is 6.10 Å². The summed E-state index contributed by atoms with van der Waals surface area (Å²) in [7, 11) is 0. The van der Waals surface area contributed by atoms with Crippen LogP contribution in [0.15, 0.2) is 48.5 Å². The molecule has 2 heteroatoms. The van der Waals surface area contributed by atoms with Gasteiger partial charge in [-0.1, -0.05) is 36.4 Å². The minimum Gasteiger partial charge on any atom is -0.491 e. The molecule has 2 atom stereocenters. The van der Waals surface area contributed by atoms with Gasteiger partial charge < -0.3 is 10.5 Å². The Hall–Kier alpha value is -1.80. The smallest absolute Gasteiger partial charge is 0.119 e. The third-order valence-electron chi connectivity index (χ3n) is 4.62. The number of hydrogen-bond acceptors (Lipinski definition) is 2. The van der Waals surface area contributed by atoms with Gasteiger partial charge in [0.15, 0.2) is 0 Å². The summed E-state index contributed by atoms with van der Waals surface area (Å²) >= 11 is 0. The quantitative estimate of drug-likeness (QED) is 0.846. The zero-order valence-corrected chi connectivity index (χ0v) is 14.2. The maximum Gasteiger partial charge on any atom is 0.119 e. The van der Waals surface area contributed by atoms with Gasteiger partial charge >= 0.3 is 0 Å². The fraction of sp³-hybridized carbons (Fsp3) is 0.429. The third-order valence-corrected chi connectivity index (χ3v) is 4.62. The van der Waals surface area contributed by atoms with Crippen LogP contribution in [0.5, 0.6) is 5.75 Å². The summed E-state index contributed by atoms with van der Waals surface area (Å²) in [5.41, 5.74) is 10.5. The first-order valence-electron chi connectivity index (χ1n) is 8.71. The largest absolute Gasteiger partial charge is 0.491 e. The van der Waals surface area contributed by atoms with Crippen molar-refractivity contribution >= 4 is 0 Å². The van der Waals surface area contributed by atoms with E-state index in [2.05, 4.69) is 62.4 Å². The lowest BCUT2D eigenvalue weighted by atomic mass is 9.87. The van der Waals surface area contributed by atoms with Crippen molar-refractivity contribution in [3.05, 3.63) is 65.2 Å². The maximum atomic E-state index is 6.32. The predicted octanol–water partition coefficient (Wildman–Crippen LogP) is 4.46. The van der Waals surface area contributed by atoms with Crippen LogP contribution in [0.4, 0.5) is 0 Å². The summed E-state index contributed by atoms with van der Waals surface area (Å²) in [6.07, 6.45) is 4.49. The van der Waals surface area contributed by atoms with E-state index < -0.39 is 0 Å². The van der Waals surface area contributed by atoms with E-state index >= 15 is 0 Å². The molecule has 1 aliphatic carbocycles. The highest BCUT2D eigenvalue weighted by Crippen LogP contribution is 2.34. The van der Waals surface area contributed by atoms with Crippen molar-refractivity contribution in [3.8, 4) is 5.75 Å². The zero-order valence-electron chi connectivity index (χ0n) is 14.2. The van der Waals surface area contributed by atoms with Crippen molar-refractivity contribution in [2.75, 3.05) is 0 Å². The van der Waals surface area contributed by atoms with Gasteiger partial charge in [0, 0.05) is 6.04 Å². The molecule has 0 radical (unpaired) electrons. The first kappa shape index (κ1) is 16.1. The summed E-state index contributed by atoms with van der Waals surface area (Å²) < 4.78 is 5.87. The lowest BCUT2D eigenvalue weighted by Gasteiger charge is -2.19. The van der Waals surface area contributed by atoms with Crippen LogP contribution >= 0.6 is 0 Å². The van der Waals surface area contributed by atoms with Crippen LogP contribution < -0.4 is 10.5 Å². The molecule has 0 amide bonds. The molecule has 2 aromatic rings. The Bertz CT molecular complexity index is 636. The predicted molar refractivity (Wildman–Crippen MR) is 96.0 cm³/mol. The molecule has 0 bridgehead atoms. The summed E-state index contributed by atoms with van der Waals surface area (Å²) in [6, 6.07) is 17.6. The molecule has 3 rings (SSSR count). The lowest BCUT2D eigenvalue weighted by Crippen LogP contribution is -2.21. The van der Waals surface area contributed by atoms with Crippen LogP contribution in [0.3, 0.4) is 0 Å². The second kappa shape index (κ2) is 7.18. The average molecular weight is 309 g/mol. The number of nitrogens with two attached hydrogens (primary N) is 1. The van der Waals surface area contributed by atoms with E-state index in [9.17, 15) is 0 Å². The molecule has 1 aliphatic rings. The van der Waals surface area contributed by atoms with Crippen LogP contribution in [0, 0.1) is 0 Å². The Balaban J connectivity index is 1.88. The van der Waals surface area contributed by atoms with Crippen LogP contribution in [-0.4, -0.2) is 12.1 Å². The van der Waals surface area contributed by atoms with Gasteiger partial charge in [0.1, 0.15) is 5.75 Å². The number of hydrogen-bond donors (Lipinski definition) is 1. The van der Waals surface area contributed by atoms with Crippen LogP contribution in [-0.2, 0) is 12.8 Å². The van der Waals surface area contributed by atoms with Crippen molar-refractivity contribution in [1.29, 1.82) is 0 Å². The normalized spacial score (nSPS) is 20.9. The topological polar surface area (TPSA) is 35.2 Å². The molecule has 23 heavy (non-hydrogen) atoms. The molecule has 0 heterocycles. The molecular weight excluding hydrogens is 282 g/mol. The fourth-order valence-corrected chi connectivity index (χ4v) is 3.57. The molecule has 0 saturated heterocycles. The van der Waals surface area contributed by atoms with Gasteiger partial charge in [-0.25, -0.2) is 0 Å². The van der Waals surface area contributed by atoms with E-state index in [-0.39, 0.29) is 12.1 Å². The molecule has 0 saturated carbocycles. The number of fused-ring (bicyclic) bond motifs is 1. The molecule has 2 unspecified atom stereocenters. The molecule has 0 aromatic heterocycles. The summed E-state index contributed by atoms with van der Waals surface area (Å²) in [4.78, 5) is 0. The third kappa shape index (κ3) is 4.14. The van der Waals surface area contributed by atoms with E-state index in [4.69, 9.17) is 10.5 Å². The fourth-order valence-electron chi connectivity index (χ4n) is 3.57. The Labute approximate surface area is 139 Å². The highest BCUT2D eigenvalue weighted by molar-refractivity contribution is 5.40. The van der Waals surface area contributed by atoms with Gasteiger partial charge in [-0.2, -0.15) is 0 Å². The van der Waals surface area contributed by atoms with Gasteiger partial charge in [0.25, 0.3) is 0 Å². The zero-order chi connectivity index (χ0) is 16.2. The lowest BCUT2D eigenvalue weighted by molar-refractivity contribution is 0.242. The maximum absolute atomic E-state index is 6.32. The SMILES string of the molecule is CC(C)Oc1ccc2c(c1)CC(N)CCC2Cc1ccccc1. The van der Waals surface area contributed by atoms with E-state index in [0.29, 0.717) is 5.92 Å². The first-order chi connectivity index (χ1) is 11.1. The van der Waals surface area contributed by atoms with Gasteiger partial charge in [-0.3, -0.25) is 0 Å². The van der Waals surface area contributed by atoms with E-state index in [1.807, 2.05) is 0 Å². The summed E-state index contributed by atoms with van der Waals surface area (Å²) in [5, 5.41) is 0. The molecule has 0 fully saturated rings. The monoisotopic (exact) mass is 309 g/mol. The number of benzene rings is 2. The Morgan fingerprint density at radius 1 is 1.09 bits per heavy atom. The molecule has 2 aromatic carbocycles. The van der Waals surface area contributed by atoms with E-state index in [1.165, 1.54) is 16.7 Å². The van der Waals surface area contributed by atoms with E-state index in [0.717, 1.165) is 31.4 Å². The van der Waals surface area contributed by atoms with Crippen molar-refractivity contribution < 1.29 is 4.74 Å². The van der Waals surface area contributed by atoms with Gasteiger partial charge in [-0.05, 0) is 74.3 Å². The van der Waals surface area contributed by atoms with Crippen LogP contribution in [0.2, 0.25) is 0 Å². The highest BCUT2D eigenvalue weighted by Gasteiger charge is 2.23. The van der Waals surface area contributed by atoms with Gasteiger partial charge in [-0.15, -0.1) is 0 Å². The highest BCUT2D eigenvalue weighted by atomic mass is 16.5. The second-order valence-corrected chi connectivity index (χ2v) is 6.96. The minimum atomic E-state index is 0.201. The van der Waals surface area contributed by atoms with Crippen LogP contribution in [0.1, 0.15) is 49.3 Å². The number of ether oxygens (including phenoxy) is 1. The van der Waals surface area contributed by atoms with E-state index in [1.54, 1.807) is 0 Å². The van der Waals surface area contributed by atoms with Crippen molar-refractivity contribution in [2.45, 2.75) is 57.6 Å². The number of rotatable bonds is 4. The molecule has 0 spiro atoms. The second-order valence-electron chi connectivity index (χ2n) is 6.96. The first-order valence-corrected chi connectivity index (χ1v) is 8.71. The van der Waals surface area contributed by atoms with Crippen molar-refractivity contribution in [1.82, 2.24) is 0 Å². The summed E-state index contributed by atoms with van der Waals surface area (Å²) in [5.74, 6) is 1.51. The Morgan fingerprint density at radius 2 is 1.87 bits per heavy atom.